The van der Waals surface area contributed by atoms with Crippen molar-refractivity contribution in [1.82, 2.24) is 24.2 Å². The number of pyridine rings is 2. The minimum atomic E-state index is 0.195. The summed E-state index contributed by atoms with van der Waals surface area (Å²) in [4.78, 5) is 17.5. The zero-order chi connectivity index (χ0) is 26.1. The number of rotatable bonds is 7. The Hall–Kier alpha value is -3.42. The van der Waals surface area contributed by atoms with E-state index in [1.165, 1.54) is 29.1 Å². The Morgan fingerprint density at radius 3 is 2.63 bits per heavy atom. The van der Waals surface area contributed by atoms with Crippen molar-refractivity contribution in [3.8, 4) is 5.75 Å². The molecule has 0 saturated carbocycles. The number of methoxy groups -OCH3 is 1. The van der Waals surface area contributed by atoms with Crippen LogP contribution < -0.4 is 9.64 Å². The second-order valence-corrected chi connectivity index (χ2v) is 10.7. The molecule has 198 valence electrons. The molecule has 4 heterocycles. The van der Waals surface area contributed by atoms with Crippen LogP contribution in [0.1, 0.15) is 54.4 Å². The van der Waals surface area contributed by atoms with Crippen LogP contribution in [0.25, 0.3) is 5.65 Å². The summed E-state index contributed by atoms with van der Waals surface area (Å²) in [7, 11) is 3.92. The second kappa shape index (κ2) is 10.8. The molecule has 0 bridgehead atoms. The maximum atomic E-state index is 5.43. The van der Waals surface area contributed by atoms with Crippen molar-refractivity contribution in [2.24, 2.45) is 0 Å². The molecule has 1 saturated heterocycles. The molecule has 0 N–H and O–H groups in total. The van der Waals surface area contributed by atoms with Crippen LogP contribution >= 0.6 is 0 Å². The molecule has 1 aromatic carbocycles. The fourth-order valence-corrected chi connectivity index (χ4v) is 6.10. The molecule has 0 unspecified atom stereocenters. The number of ether oxygens (including phenoxy) is 1. The molecule has 3 aromatic heterocycles. The summed E-state index contributed by atoms with van der Waals surface area (Å²) < 4.78 is 7.71. The molecule has 0 amide bonds. The largest absolute Gasteiger partial charge is 0.497 e. The first-order chi connectivity index (χ1) is 18.6. The average Bonchev–Trinajstić information content (AvgIpc) is 3.39. The predicted molar refractivity (Wildman–Crippen MR) is 152 cm³/mol. The van der Waals surface area contributed by atoms with Crippen LogP contribution in [0.15, 0.2) is 67.0 Å². The van der Waals surface area contributed by atoms with Crippen LogP contribution in [0.4, 0.5) is 5.82 Å². The van der Waals surface area contributed by atoms with Gasteiger partial charge in [-0.05, 0) is 74.7 Å². The summed E-state index contributed by atoms with van der Waals surface area (Å²) in [5.41, 5.74) is 5.98. The lowest BCUT2D eigenvalue weighted by Gasteiger charge is -2.38. The highest BCUT2D eigenvalue weighted by Crippen LogP contribution is 2.39. The Balaban J connectivity index is 1.35. The van der Waals surface area contributed by atoms with Gasteiger partial charge < -0.3 is 14.5 Å². The Labute approximate surface area is 225 Å². The molecule has 1 aliphatic carbocycles. The molecule has 38 heavy (non-hydrogen) atoms. The van der Waals surface area contributed by atoms with E-state index in [0.717, 1.165) is 62.7 Å². The van der Waals surface area contributed by atoms with Gasteiger partial charge in [0.05, 0.1) is 24.5 Å². The van der Waals surface area contributed by atoms with Crippen molar-refractivity contribution in [1.29, 1.82) is 0 Å². The third kappa shape index (κ3) is 4.88. The standard InChI is InChI=1S/C31H38N6O/c1-23(24-12-14-27(38-3)15-13-24)36(28-9-4-7-25-8-6-16-32-31(25)28)21-26-22-37-29(33-26)10-5-11-30(37)35-19-17-34(2)18-20-35/h5-6,8,10-16,22-23,28H,4,7,9,17-21H2,1-3H3/t23-,28+/m1/s1. The second-order valence-electron chi connectivity index (χ2n) is 10.7. The lowest BCUT2D eigenvalue weighted by Crippen LogP contribution is -2.45. The number of aromatic nitrogens is 3. The maximum Gasteiger partial charge on any atom is 0.138 e. The zero-order valence-electron chi connectivity index (χ0n) is 22.8. The number of aryl methyl sites for hydroxylation is 1. The molecule has 7 heteroatoms. The molecule has 6 rings (SSSR count). The average molecular weight is 511 g/mol. The number of hydrogen-bond acceptors (Lipinski definition) is 6. The first-order valence-electron chi connectivity index (χ1n) is 13.8. The van der Waals surface area contributed by atoms with Crippen molar-refractivity contribution in [3.63, 3.8) is 0 Å². The van der Waals surface area contributed by atoms with E-state index in [0.29, 0.717) is 0 Å². The minimum Gasteiger partial charge on any atom is -0.497 e. The fraction of sp³-hybridized carbons (Fsp3) is 0.419. The van der Waals surface area contributed by atoms with Gasteiger partial charge >= 0.3 is 0 Å². The number of imidazole rings is 1. The summed E-state index contributed by atoms with van der Waals surface area (Å²) in [6.07, 6.45) is 7.57. The van der Waals surface area contributed by atoms with Gasteiger partial charge in [-0.1, -0.05) is 24.3 Å². The Kier molecular flexibility index (Phi) is 7.04. The molecule has 4 aromatic rings. The smallest absolute Gasteiger partial charge is 0.138 e. The number of benzene rings is 1. The lowest BCUT2D eigenvalue weighted by molar-refractivity contribution is 0.115. The monoisotopic (exact) mass is 510 g/mol. The van der Waals surface area contributed by atoms with Crippen LogP contribution in [0, 0.1) is 0 Å². The summed E-state index contributed by atoms with van der Waals surface area (Å²) >= 11 is 0. The SMILES string of the molecule is COc1ccc([C@@H](C)N(Cc2cn3c(N4CCN(C)CC4)cccc3n2)[C@H]2CCCc3cccnc32)cc1. The Morgan fingerprint density at radius 2 is 1.84 bits per heavy atom. The van der Waals surface area contributed by atoms with Gasteiger partial charge in [0.2, 0.25) is 0 Å². The van der Waals surface area contributed by atoms with Gasteiger partial charge in [0.1, 0.15) is 17.2 Å². The highest BCUT2D eigenvalue weighted by Gasteiger charge is 2.31. The molecule has 2 atom stereocenters. The van der Waals surface area contributed by atoms with E-state index in [9.17, 15) is 0 Å². The number of nitrogens with zero attached hydrogens (tertiary/aromatic N) is 6. The highest BCUT2D eigenvalue weighted by molar-refractivity contribution is 5.53. The van der Waals surface area contributed by atoms with E-state index in [-0.39, 0.29) is 12.1 Å². The van der Waals surface area contributed by atoms with Crippen LogP contribution in [-0.4, -0.2) is 64.5 Å². The molecule has 1 fully saturated rings. The summed E-state index contributed by atoms with van der Waals surface area (Å²) in [5.74, 6) is 2.11. The highest BCUT2D eigenvalue weighted by atomic mass is 16.5. The minimum absolute atomic E-state index is 0.195. The van der Waals surface area contributed by atoms with Crippen LogP contribution in [0.5, 0.6) is 5.75 Å². The van der Waals surface area contributed by atoms with Crippen molar-refractivity contribution in [3.05, 3.63) is 89.5 Å². The van der Waals surface area contributed by atoms with Crippen LogP contribution in [0.2, 0.25) is 0 Å². The molecule has 2 aliphatic rings. The van der Waals surface area contributed by atoms with Gasteiger partial charge in [0, 0.05) is 51.2 Å². The summed E-state index contributed by atoms with van der Waals surface area (Å²) in [6, 6.07) is 19.7. The van der Waals surface area contributed by atoms with Crippen LogP contribution in [-0.2, 0) is 13.0 Å². The molecule has 1 aliphatic heterocycles. The van der Waals surface area contributed by atoms with Gasteiger partial charge in [-0.25, -0.2) is 4.98 Å². The van der Waals surface area contributed by atoms with Crippen molar-refractivity contribution in [2.75, 3.05) is 45.2 Å². The lowest BCUT2D eigenvalue weighted by atomic mass is 9.89. The number of piperazine rings is 1. The number of fused-ring (bicyclic) bond motifs is 2. The quantitative estimate of drug-likeness (QED) is 0.344. The fourth-order valence-electron chi connectivity index (χ4n) is 6.10. The van der Waals surface area contributed by atoms with E-state index in [1.807, 2.05) is 6.20 Å². The number of anilines is 1. The number of hydrogen-bond donors (Lipinski definition) is 0. The first kappa shape index (κ1) is 24.9. The normalized spacial score (nSPS) is 19.1. The van der Waals surface area contributed by atoms with Gasteiger partial charge in [0.15, 0.2) is 0 Å². The van der Waals surface area contributed by atoms with E-state index in [2.05, 4.69) is 93.9 Å². The first-order valence-corrected chi connectivity index (χ1v) is 13.8. The third-order valence-electron chi connectivity index (χ3n) is 8.35. The van der Waals surface area contributed by atoms with Crippen molar-refractivity contribution < 1.29 is 4.74 Å². The maximum absolute atomic E-state index is 5.43. The topological polar surface area (TPSA) is 49.1 Å². The zero-order valence-corrected chi connectivity index (χ0v) is 22.8. The predicted octanol–water partition coefficient (Wildman–Crippen LogP) is 5.13. The van der Waals surface area contributed by atoms with Crippen LogP contribution in [0.3, 0.4) is 0 Å². The molecule has 0 spiro atoms. The Bertz CT molecular complexity index is 1370. The van der Waals surface area contributed by atoms with Gasteiger partial charge in [-0.2, -0.15) is 0 Å². The van der Waals surface area contributed by atoms with E-state index in [4.69, 9.17) is 14.7 Å². The summed E-state index contributed by atoms with van der Waals surface area (Å²) in [6.45, 7) is 7.31. The molecule has 0 radical (unpaired) electrons. The molecule has 7 nitrogen and oxygen atoms in total. The van der Waals surface area contributed by atoms with Crippen molar-refractivity contribution in [2.45, 2.75) is 44.8 Å². The third-order valence-corrected chi connectivity index (χ3v) is 8.35. The molecular weight excluding hydrogens is 472 g/mol. The van der Waals surface area contributed by atoms with E-state index >= 15 is 0 Å². The molecular formula is C31H38N6O. The van der Waals surface area contributed by atoms with Gasteiger partial charge in [-0.15, -0.1) is 0 Å². The summed E-state index contributed by atoms with van der Waals surface area (Å²) in [5, 5.41) is 0. The van der Waals surface area contributed by atoms with E-state index < -0.39 is 0 Å². The van der Waals surface area contributed by atoms with E-state index in [1.54, 1.807) is 7.11 Å². The number of likely N-dealkylation sites (N-methyl/N-ethyl adjacent to an activating group) is 1. The van der Waals surface area contributed by atoms with Gasteiger partial charge in [-0.3, -0.25) is 14.3 Å². The van der Waals surface area contributed by atoms with Crippen molar-refractivity contribution >= 4 is 11.5 Å². The van der Waals surface area contributed by atoms with Gasteiger partial charge in [0.25, 0.3) is 0 Å². The Morgan fingerprint density at radius 1 is 1.03 bits per heavy atom.